The Morgan fingerprint density at radius 1 is 1.16 bits per heavy atom. The Kier molecular flexibility index (Phi) is 10.5. The maximum Gasteiger partial charge on any atom is 0.253 e. The summed E-state index contributed by atoms with van der Waals surface area (Å²) in [5, 5.41) is 6.03. The predicted octanol–water partition coefficient (Wildman–Crippen LogP) is 5.23. The molecule has 0 radical (unpaired) electrons. The summed E-state index contributed by atoms with van der Waals surface area (Å²) in [4.78, 5) is 27.9. The number of nitrogens with one attached hydrogen (secondary N) is 2. The van der Waals surface area contributed by atoms with Crippen LogP contribution in [0.15, 0.2) is 18.2 Å². The monoisotopic (exact) mass is 445 g/mol. The van der Waals surface area contributed by atoms with E-state index >= 15 is 0 Å². The van der Waals surface area contributed by atoms with Gasteiger partial charge in [0.1, 0.15) is 0 Å². The first-order valence-electron chi connectivity index (χ1n) is 12.2. The SMILES string of the molecule is CCOCCCNC(=O)c1cc(NC(=O)CC(C)CC(C)(C)C)ccc1N1CCCCC1. The van der Waals surface area contributed by atoms with Crippen LogP contribution in [0.5, 0.6) is 0 Å². The van der Waals surface area contributed by atoms with Gasteiger partial charge in [-0.1, -0.05) is 27.7 Å². The number of carbonyl (C=O) groups is 2. The van der Waals surface area contributed by atoms with Crippen molar-refractivity contribution in [3.63, 3.8) is 0 Å². The molecule has 1 aromatic carbocycles. The van der Waals surface area contributed by atoms with Crippen molar-refractivity contribution < 1.29 is 14.3 Å². The lowest BCUT2D eigenvalue weighted by atomic mass is 9.84. The number of ether oxygens (including phenoxy) is 1. The smallest absolute Gasteiger partial charge is 0.253 e. The van der Waals surface area contributed by atoms with E-state index in [2.05, 4.69) is 43.2 Å². The van der Waals surface area contributed by atoms with Crippen molar-refractivity contribution in [3.05, 3.63) is 23.8 Å². The van der Waals surface area contributed by atoms with E-state index in [-0.39, 0.29) is 17.2 Å². The molecule has 0 aromatic heterocycles. The normalized spacial score (nSPS) is 15.3. The third-order valence-corrected chi connectivity index (χ3v) is 5.67. The van der Waals surface area contributed by atoms with Gasteiger partial charge in [0.05, 0.1) is 5.56 Å². The zero-order valence-electron chi connectivity index (χ0n) is 20.8. The Bertz CT molecular complexity index is 736. The van der Waals surface area contributed by atoms with Crippen molar-refractivity contribution in [2.75, 3.05) is 43.1 Å². The van der Waals surface area contributed by atoms with Crippen molar-refractivity contribution >= 4 is 23.2 Å². The molecule has 0 aliphatic carbocycles. The van der Waals surface area contributed by atoms with E-state index in [0.29, 0.717) is 43.3 Å². The molecular weight excluding hydrogens is 402 g/mol. The molecule has 6 nitrogen and oxygen atoms in total. The van der Waals surface area contributed by atoms with Gasteiger partial charge in [0.15, 0.2) is 0 Å². The van der Waals surface area contributed by atoms with Crippen LogP contribution in [0.1, 0.15) is 83.5 Å². The third kappa shape index (κ3) is 9.19. The minimum absolute atomic E-state index is 0.00412. The van der Waals surface area contributed by atoms with Crippen molar-refractivity contribution in [1.29, 1.82) is 0 Å². The van der Waals surface area contributed by atoms with Gasteiger partial charge in [-0.25, -0.2) is 0 Å². The second kappa shape index (κ2) is 12.8. The Hall–Kier alpha value is -2.08. The molecule has 2 N–H and O–H groups in total. The second-order valence-electron chi connectivity index (χ2n) is 10.2. The summed E-state index contributed by atoms with van der Waals surface area (Å²) in [5.74, 6) is 0.200. The van der Waals surface area contributed by atoms with Crippen LogP contribution in [-0.4, -0.2) is 44.7 Å². The summed E-state index contributed by atoms with van der Waals surface area (Å²) in [6.45, 7) is 14.5. The maximum atomic E-state index is 13.0. The van der Waals surface area contributed by atoms with Gasteiger partial charge >= 0.3 is 0 Å². The van der Waals surface area contributed by atoms with E-state index in [1.165, 1.54) is 6.42 Å². The van der Waals surface area contributed by atoms with Gasteiger partial charge in [-0.15, -0.1) is 0 Å². The lowest BCUT2D eigenvalue weighted by molar-refractivity contribution is -0.117. The van der Waals surface area contributed by atoms with Gasteiger partial charge in [-0.3, -0.25) is 9.59 Å². The summed E-state index contributed by atoms with van der Waals surface area (Å²) in [6, 6.07) is 5.73. The summed E-state index contributed by atoms with van der Waals surface area (Å²) in [7, 11) is 0. The van der Waals surface area contributed by atoms with Crippen LogP contribution in [-0.2, 0) is 9.53 Å². The fourth-order valence-corrected chi connectivity index (χ4v) is 4.47. The highest BCUT2D eigenvalue weighted by atomic mass is 16.5. The number of carbonyl (C=O) groups excluding carboxylic acids is 2. The summed E-state index contributed by atoms with van der Waals surface area (Å²) >= 11 is 0. The molecular formula is C26H43N3O3. The number of benzene rings is 1. The van der Waals surface area contributed by atoms with Crippen LogP contribution in [0, 0.1) is 11.3 Å². The van der Waals surface area contributed by atoms with Crippen molar-refractivity contribution in [1.82, 2.24) is 5.32 Å². The van der Waals surface area contributed by atoms with Crippen LogP contribution in [0.4, 0.5) is 11.4 Å². The molecule has 1 heterocycles. The average Bonchev–Trinajstić information content (AvgIpc) is 2.72. The molecule has 180 valence electrons. The van der Waals surface area contributed by atoms with E-state index in [4.69, 9.17) is 4.74 Å². The van der Waals surface area contributed by atoms with Crippen LogP contribution in [0.2, 0.25) is 0 Å². The van der Waals surface area contributed by atoms with Gasteiger partial charge in [0.25, 0.3) is 5.91 Å². The zero-order chi connectivity index (χ0) is 23.6. The average molecular weight is 446 g/mol. The fourth-order valence-electron chi connectivity index (χ4n) is 4.47. The first kappa shape index (κ1) is 26.2. The first-order valence-corrected chi connectivity index (χ1v) is 12.2. The van der Waals surface area contributed by atoms with Crippen molar-refractivity contribution in [2.24, 2.45) is 11.3 Å². The number of nitrogens with zero attached hydrogens (tertiary/aromatic N) is 1. The Morgan fingerprint density at radius 2 is 1.88 bits per heavy atom. The minimum atomic E-state index is -0.0979. The standard InChI is InChI=1S/C26H43N3O3/c1-6-32-16-10-13-27-25(31)22-18-21(11-12-23(22)29-14-8-7-9-15-29)28-24(30)17-20(2)19-26(3,4)5/h11-12,18,20H,6-10,13-17,19H2,1-5H3,(H,27,31)(H,28,30). The number of hydrogen-bond donors (Lipinski definition) is 2. The highest BCUT2D eigenvalue weighted by Gasteiger charge is 2.21. The number of piperidine rings is 1. The quantitative estimate of drug-likeness (QED) is 0.457. The lowest BCUT2D eigenvalue weighted by Gasteiger charge is -2.30. The van der Waals surface area contributed by atoms with E-state index in [0.717, 1.165) is 44.5 Å². The van der Waals surface area contributed by atoms with Crippen LogP contribution >= 0.6 is 0 Å². The molecule has 2 rings (SSSR count). The maximum absolute atomic E-state index is 13.0. The molecule has 1 fully saturated rings. The molecule has 1 atom stereocenters. The van der Waals surface area contributed by atoms with Gasteiger partial charge in [-0.05, 0) is 68.6 Å². The fraction of sp³-hybridized carbons (Fsp3) is 0.692. The number of rotatable bonds is 11. The number of amides is 2. The minimum Gasteiger partial charge on any atom is -0.382 e. The van der Waals surface area contributed by atoms with E-state index < -0.39 is 0 Å². The molecule has 32 heavy (non-hydrogen) atoms. The topological polar surface area (TPSA) is 70.7 Å². The van der Waals surface area contributed by atoms with Gasteiger partial charge in [0, 0.05) is 50.6 Å². The summed E-state index contributed by atoms with van der Waals surface area (Å²) in [6.07, 6.45) is 5.75. The number of hydrogen-bond acceptors (Lipinski definition) is 4. The van der Waals surface area contributed by atoms with Crippen LogP contribution < -0.4 is 15.5 Å². The van der Waals surface area contributed by atoms with Gasteiger partial charge in [-0.2, -0.15) is 0 Å². The Balaban J connectivity index is 2.09. The third-order valence-electron chi connectivity index (χ3n) is 5.67. The largest absolute Gasteiger partial charge is 0.382 e. The first-order chi connectivity index (χ1) is 15.2. The molecule has 1 aromatic rings. The molecule has 0 bridgehead atoms. The second-order valence-corrected chi connectivity index (χ2v) is 10.2. The summed E-state index contributed by atoms with van der Waals surface area (Å²) < 4.78 is 5.36. The predicted molar refractivity (Wildman–Crippen MR) is 132 cm³/mol. The molecule has 2 amide bonds. The molecule has 1 aliphatic rings. The molecule has 1 unspecified atom stereocenters. The van der Waals surface area contributed by atoms with Crippen molar-refractivity contribution in [2.45, 2.75) is 73.1 Å². The molecule has 1 aliphatic heterocycles. The summed E-state index contributed by atoms with van der Waals surface area (Å²) in [5.41, 5.74) is 2.46. The van der Waals surface area contributed by atoms with Crippen LogP contribution in [0.25, 0.3) is 0 Å². The molecule has 0 spiro atoms. The highest BCUT2D eigenvalue weighted by Crippen LogP contribution is 2.29. The molecule has 1 saturated heterocycles. The van der Waals surface area contributed by atoms with Gasteiger partial charge in [0.2, 0.25) is 5.91 Å². The zero-order valence-corrected chi connectivity index (χ0v) is 20.8. The van der Waals surface area contributed by atoms with Gasteiger partial charge < -0.3 is 20.3 Å². The number of anilines is 2. The van der Waals surface area contributed by atoms with E-state index in [1.807, 2.05) is 25.1 Å². The highest BCUT2D eigenvalue weighted by molar-refractivity contribution is 6.02. The van der Waals surface area contributed by atoms with E-state index in [1.54, 1.807) is 0 Å². The lowest BCUT2D eigenvalue weighted by Crippen LogP contribution is -2.33. The van der Waals surface area contributed by atoms with Crippen LogP contribution in [0.3, 0.4) is 0 Å². The Labute approximate surface area is 194 Å². The van der Waals surface area contributed by atoms with E-state index in [9.17, 15) is 9.59 Å². The van der Waals surface area contributed by atoms with Crippen molar-refractivity contribution in [3.8, 4) is 0 Å². The Morgan fingerprint density at radius 3 is 2.53 bits per heavy atom. The molecule has 0 saturated carbocycles. The molecule has 6 heteroatoms.